The number of aliphatic hydroxyl groups is 1. The van der Waals surface area contributed by atoms with E-state index in [1.165, 1.54) is 12.1 Å². The van der Waals surface area contributed by atoms with Gasteiger partial charge >= 0.3 is 4.83 Å². The fraction of sp³-hybridized carbons (Fsp3) is 0.455. The molecule has 0 saturated carbocycles. The fourth-order valence-corrected chi connectivity index (χ4v) is 1.45. The second-order valence-corrected chi connectivity index (χ2v) is 4.42. The van der Waals surface area contributed by atoms with Gasteiger partial charge < -0.3 is 9.84 Å². The largest absolute Gasteiger partial charge is 0.494 e. The average Bonchev–Trinajstić information content (AvgIpc) is 2.24. The summed E-state index contributed by atoms with van der Waals surface area (Å²) in [4.78, 5) is -3.34. The summed E-state index contributed by atoms with van der Waals surface area (Å²) in [5.74, 6) is 0.482. The van der Waals surface area contributed by atoms with Gasteiger partial charge in [-0.2, -0.15) is 8.78 Å². The van der Waals surface area contributed by atoms with E-state index in [1.807, 2.05) is 6.92 Å². The van der Waals surface area contributed by atoms with Gasteiger partial charge in [-0.05, 0) is 40.0 Å². The van der Waals surface area contributed by atoms with Crippen molar-refractivity contribution in [2.45, 2.75) is 24.3 Å². The summed E-state index contributed by atoms with van der Waals surface area (Å²) in [6.45, 7) is 2.47. The molecule has 0 amide bonds. The molecule has 16 heavy (non-hydrogen) atoms. The van der Waals surface area contributed by atoms with Crippen molar-refractivity contribution in [3.63, 3.8) is 0 Å². The summed E-state index contributed by atoms with van der Waals surface area (Å²) in [5, 5.41) is 9.35. The zero-order valence-electron chi connectivity index (χ0n) is 8.79. The highest BCUT2D eigenvalue weighted by Gasteiger charge is 2.36. The first-order valence-corrected chi connectivity index (χ1v) is 5.72. The number of ether oxygens (including phenoxy) is 1. The lowest BCUT2D eigenvalue weighted by molar-refractivity contribution is -0.0295. The Hall–Kier alpha value is -0.680. The standard InChI is InChI=1S/C11H13BrF2O2/c1-2-6-16-9-5-3-4-8(7-9)10(15)11(12,13)14/h3-5,7,10,15H,2,6H2,1H3. The van der Waals surface area contributed by atoms with Gasteiger partial charge in [-0.15, -0.1) is 0 Å². The van der Waals surface area contributed by atoms with Crippen molar-refractivity contribution in [2.75, 3.05) is 6.61 Å². The Morgan fingerprint density at radius 1 is 1.50 bits per heavy atom. The Balaban J connectivity index is 2.81. The molecule has 2 nitrogen and oxygen atoms in total. The van der Waals surface area contributed by atoms with Gasteiger partial charge in [0.1, 0.15) is 5.75 Å². The van der Waals surface area contributed by atoms with E-state index >= 15 is 0 Å². The van der Waals surface area contributed by atoms with E-state index in [0.29, 0.717) is 12.4 Å². The number of aliphatic hydroxyl groups excluding tert-OH is 1. The van der Waals surface area contributed by atoms with E-state index < -0.39 is 10.9 Å². The molecule has 0 fully saturated rings. The first-order chi connectivity index (χ1) is 7.45. The predicted octanol–water partition coefficient (Wildman–Crippen LogP) is 3.50. The second kappa shape index (κ2) is 5.59. The lowest BCUT2D eigenvalue weighted by Gasteiger charge is -2.17. The van der Waals surface area contributed by atoms with Gasteiger partial charge in [0.05, 0.1) is 6.61 Å². The van der Waals surface area contributed by atoms with Crippen LogP contribution in [0, 0.1) is 0 Å². The topological polar surface area (TPSA) is 29.5 Å². The van der Waals surface area contributed by atoms with Crippen molar-refractivity contribution in [3.8, 4) is 5.75 Å². The molecular weight excluding hydrogens is 282 g/mol. The highest BCUT2D eigenvalue weighted by molar-refractivity contribution is 9.10. The molecule has 0 aromatic heterocycles. The van der Waals surface area contributed by atoms with Gasteiger partial charge in [0.2, 0.25) is 0 Å². The highest BCUT2D eigenvalue weighted by atomic mass is 79.9. The first kappa shape index (κ1) is 13.4. The summed E-state index contributed by atoms with van der Waals surface area (Å²) in [7, 11) is 0. The Morgan fingerprint density at radius 2 is 2.19 bits per heavy atom. The molecule has 0 bridgehead atoms. The molecule has 0 radical (unpaired) electrons. The van der Waals surface area contributed by atoms with Crippen LogP contribution in [0.4, 0.5) is 8.78 Å². The fourth-order valence-electron chi connectivity index (χ4n) is 1.18. The Kier molecular flexibility index (Phi) is 4.68. The molecule has 0 aliphatic carbocycles. The molecule has 5 heteroatoms. The number of hydrogen-bond donors (Lipinski definition) is 1. The molecule has 0 aliphatic heterocycles. The molecule has 0 spiro atoms. The zero-order valence-corrected chi connectivity index (χ0v) is 10.4. The van der Waals surface area contributed by atoms with Crippen molar-refractivity contribution >= 4 is 15.9 Å². The third-order valence-electron chi connectivity index (χ3n) is 1.96. The van der Waals surface area contributed by atoms with Gasteiger partial charge in [-0.25, -0.2) is 0 Å². The van der Waals surface area contributed by atoms with Crippen molar-refractivity contribution in [1.82, 2.24) is 0 Å². The number of benzene rings is 1. The smallest absolute Gasteiger partial charge is 0.330 e. The van der Waals surface area contributed by atoms with Crippen LogP contribution in [0.15, 0.2) is 24.3 Å². The Morgan fingerprint density at radius 3 is 2.75 bits per heavy atom. The SMILES string of the molecule is CCCOc1cccc(C(O)C(F)(F)Br)c1. The maximum absolute atomic E-state index is 12.8. The molecule has 1 rings (SSSR count). The van der Waals surface area contributed by atoms with Crippen LogP contribution < -0.4 is 4.74 Å². The highest BCUT2D eigenvalue weighted by Crippen LogP contribution is 2.37. The summed E-state index contributed by atoms with van der Waals surface area (Å²) in [6, 6.07) is 6.08. The lowest BCUT2D eigenvalue weighted by Crippen LogP contribution is -2.18. The number of halogens is 3. The van der Waals surface area contributed by atoms with Crippen LogP contribution in [-0.4, -0.2) is 16.5 Å². The first-order valence-electron chi connectivity index (χ1n) is 4.92. The van der Waals surface area contributed by atoms with Gasteiger partial charge in [0, 0.05) is 0 Å². The molecule has 90 valence electrons. The van der Waals surface area contributed by atoms with Crippen molar-refractivity contribution in [3.05, 3.63) is 29.8 Å². The monoisotopic (exact) mass is 294 g/mol. The van der Waals surface area contributed by atoms with Crippen LogP contribution in [-0.2, 0) is 0 Å². The van der Waals surface area contributed by atoms with E-state index in [-0.39, 0.29) is 5.56 Å². The molecule has 1 atom stereocenters. The molecule has 1 unspecified atom stereocenters. The van der Waals surface area contributed by atoms with E-state index in [9.17, 15) is 13.9 Å². The van der Waals surface area contributed by atoms with Gasteiger partial charge in [-0.1, -0.05) is 19.1 Å². The average molecular weight is 295 g/mol. The second-order valence-electron chi connectivity index (χ2n) is 3.37. The van der Waals surface area contributed by atoms with Crippen LogP contribution in [0.2, 0.25) is 0 Å². The van der Waals surface area contributed by atoms with Crippen LogP contribution in [0.3, 0.4) is 0 Å². The predicted molar refractivity (Wildman–Crippen MR) is 61.1 cm³/mol. The van der Waals surface area contributed by atoms with Crippen molar-refractivity contribution in [2.24, 2.45) is 0 Å². The van der Waals surface area contributed by atoms with Crippen LogP contribution >= 0.6 is 15.9 Å². The molecular formula is C11H13BrF2O2. The number of alkyl halides is 3. The molecule has 0 saturated heterocycles. The van der Waals surface area contributed by atoms with Gasteiger partial charge in [0.15, 0.2) is 6.10 Å². The van der Waals surface area contributed by atoms with Crippen LogP contribution in [0.1, 0.15) is 25.0 Å². The maximum atomic E-state index is 12.8. The maximum Gasteiger partial charge on any atom is 0.330 e. The summed E-state index contributed by atoms with van der Waals surface area (Å²) in [5.41, 5.74) is 0.121. The molecule has 1 aromatic carbocycles. The minimum absolute atomic E-state index is 0.121. The lowest BCUT2D eigenvalue weighted by atomic mass is 10.1. The van der Waals surface area contributed by atoms with Crippen molar-refractivity contribution in [1.29, 1.82) is 0 Å². The summed E-state index contributed by atoms with van der Waals surface area (Å²) in [6.07, 6.45) is -1.04. The normalized spacial score (nSPS) is 13.6. The van der Waals surface area contributed by atoms with Crippen LogP contribution in [0.5, 0.6) is 5.75 Å². The van der Waals surface area contributed by atoms with Crippen LogP contribution in [0.25, 0.3) is 0 Å². The van der Waals surface area contributed by atoms with Gasteiger partial charge in [-0.3, -0.25) is 0 Å². The van der Waals surface area contributed by atoms with Crippen molar-refractivity contribution < 1.29 is 18.6 Å². The molecule has 1 aromatic rings. The van der Waals surface area contributed by atoms with E-state index in [2.05, 4.69) is 15.9 Å². The van der Waals surface area contributed by atoms with Gasteiger partial charge in [0.25, 0.3) is 0 Å². The summed E-state index contributed by atoms with van der Waals surface area (Å²) < 4.78 is 30.9. The van der Waals surface area contributed by atoms with E-state index in [4.69, 9.17) is 4.74 Å². The molecule has 0 heterocycles. The van der Waals surface area contributed by atoms with E-state index in [1.54, 1.807) is 12.1 Å². The Labute approximate surface area is 101 Å². The third kappa shape index (κ3) is 3.72. The minimum Gasteiger partial charge on any atom is -0.494 e. The minimum atomic E-state index is -3.34. The number of hydrogen-bond acceptors (Lipinski definition) is 2. The van der Waals surface area contributed by atoms with E-state index in [0.717, 1.165) is 6.42 Å². The summed E-state index contributed by atoms with van der Waals surface area (Å²) >= 11 is 2.13. The third-order valence-corrected chi connectivity index (χ3v) is 2.39. The zero-order chi connectivity index (χ0) is 12.2. The molecule has 0 aliphatic rings. The Bertz CT molecular complexity index is 339. The molecule has 1 N–H and O–H groups in total. The number of rotatable bonds is 5. The quantitative estimate of drug-likeness (QED) is 0.842.